The van der Waals surface area contributed by atoms with Crippen molar-refractivity contribution in [3.8, 4) is 0 Å². The predicted octanol–water partition coefficient (Wildman–Crippen LogP) is 1.70. The molecule has 3 unspecified atom stereocenters. The van der Waals surface area contributed by atoms with Crippen LogP contribution in [0.5, 0.6) is 0 Å². The summed E-state index contributed by atoms with van der Waals surface area (Å²) in [5, 5.41) is 0. The van der Waals surface area contributed by atoms with Gasteiger partial charge in [0.2, 0.25) is 0 Å². The Balaban J connectivity index is 1.78. The van der Waals surface area contributed by atoms with Crippen LogP contribution in [-0.2, 0) is 0 Å². The van der Waals surface area contributed by atoms with Crippen molar-refractivity contribution in [2.45, 2.75) is 50.7 Å². The lowest BCUT2D eigenvalue weighted by Crippen LogP contribution is -2.39. The van der Waals surface area contributed by atoms with Crippen LogP contribution in [0.3, 0.4) is 0 Å². The highest BCUT2D eigenvalue weighted by Crippen LogP contribution is 2.34. The molecule has 1 aromatic rings. The molecular weight excluding hydrogens is 212 g/mol. The Bertz CT molecular complexity index is 385. The maximum Gasteiger partial charge on any atom is 0.0951 e. The SMILES string of the molecule is CC(N)c1cncn1C1CCN2CCCC2C1. The molecule has 0 radical (unpaired) electrons. The number of aromatic nitrogens is 2. The minimum absolute atomic E-state index is 0.0825. The fraction of sp³-hybridized carbons (Fsp3) is 0.769. The fourth-order valence-electron chi connectivity index (χ4n) is 3.43. The molecule has 3 heterocycles. The van der Waals surface area contributed by atoms with Crippen LogP contribution in [-0.4, -0.2) is 33.6 Å². The summed E-state index contributed by atoms with van der Waals surface area (Å²) in [4.78, 5) is 6.93. The van der Waals surface area contributed by atoms with Gasteiger partial charge in [-0.1, -0.05) is 0 Å². The van der Waals surface area contributed by atoms with E-state index in [1.165, 1.54) is 44.5 Å². The minimum Gasteiger partial charge on any atom is -0.330 e. The maximum absolute atomic E-state index is 6.00. The van der Waals surface area contributed by atoms with Crippen LogP contribution in [0.4, 0.5) is 0 Å². The number of imidazole rings is 1. The largest absolute Gasteiger partial charge is 0.330 e. The maximum atomic E-state index is 6.00. The van der Waals surface area contributed by atoms with Crippen LogP contribution in [0.1, 0.15) is 50.4 Å². The normalized spacial score (nSPS) is 31.4. The molecule has 2 saturated heterocycles. The Kier molecular flexibility index (Phi) is 2.92. The van der Waals surface area contributed by atoms with Gasteiger partial charge < -0.3 is 15.2 Å². The highest BCUT2D eigenvalue weighted by molar-refractivity contribution is 5.06. The van der Waals surface area contributed by atoms with E-state index in [0.29, 0.717) is 6.04 Å². The molecule has 2 aliphatic rings. The molecule has 3 rings (SSSR count). The quantitative estimate of drug-likeness (QED) is 0.847. The van der Waals surface area contributed by atoms with Crippen molar-refractivity contribution < 1.29 is 0 Å². The van der Waals surface area contributed by atoms with Crippen molar-refractivity contribution in [2.24, 2.45) is 5.73 Å². The van der Waals surface area contributed by atoms with E-state index in [-0.39, 0.29) is 6.04 Å². The third-order valence-electron chi connectivity index (χ3n) is 4.35. The van der Waals surface area contributed by atoms with E-state index >= 15 is 0 Å². The molecule has 94 valence electrons. The molecule has 17 heavy (non-hydrogen) atoms. The Morgan fingerprint density at radius 2 is 2.24 bits per heavy atom. The van der Waals surface area contributed by atoms with Gasteiger partial charge in [-0.2, -0.15) is 0 Å². The van der Waals surface area contributed by atoms with E-state index in [0.717, 1.165) is 6.04 Å². The van der Waals surface area contributed by atoms with Crippen LogP contribution in [0.2, 0.25) is 0 Å². The third kappa shape index (κ3) is 2.00. The second-order valence-electron chi connectivity index (χ2n) is 5.52. The van der Waals surface area contributed by atoms with Crippen LogP contribution >= 0.6 is 0 Å². The molecule has 0 spiro atoms. The molecule has 2 aliphatic heterocycles. The van der Waals surface area contributed by atoms with E-state index < -0.39 is 0 Å². The number of rotatable bonds is 2. The molecule has 4 nitrogen and oxygen atoms in total. The minimum atomic E-state index is 0.0825. The molecule has 2 N–H and O–H groups in total. The van der Waals surface area contributed by atoms with Gasteiger partial charge in [0.25, 0.3) is 0 Å². The first kappa shape index (κ1) is 11.2. The van der Waals surface area contributed by atoms with Gasteiger partial charge in [-0.15, -0.1) is 0 Å². The lowest BCUT2D eigenvalue weighted by molar-refractivity contribution is 0.153. The highest BCUT2D eigenvalue weighted by atomic mass is 15.2. The van der Waals surface area contributed by atoms with Gasteiger partial charge in [0, 0.05) is 30.9 Å². The predicted molar refractivity (Wildman–Crippen MR) is 67.7 cm³/mol. The molecule has 1 aromatic heterocycles. The summed E-state index contributed by atoms with van der Waals surface area (Å²) >= 11 is 0. The fourth-order valence-corrected chi connectivity index (χ4v) is 3.43. The van der Waals surface area contributed by atoms with Crippen LogP contribution in [0.15, 0.2) is 12.5 Å². The molecule has 3 atom stereocenters. The zero-order chi connectivity index (χ0) is 11.8. The van der Waals surface area contributed by atoms with Gasteiger partial charge in [-0.25, -0.2) is 4.98 Å². The first-order valence-corrected chi connectivity index (χ1v) is 6.77. The zero-order valence-corrected chi connectivity index (χ0v) is 10.5. The molecule has 0 amide bonds. The Hall–Kier alpha value is -0.870. The number of hydrogen-bond donors (Lipinski definition) is 1. The van der Waals surface area contributed by atoms with Gasteiger partial charge in [0.15, 0.2) is 0 Å². The van der Waals surface area contributed by atoms with Gasteiger partial charge in [-0.3, -0.25) is 0 Å². The molecular formula is C13H22N4. The van der Waals surface area contributed by atoms with E-state index in [4.69, 9.17) is 5.73 Å². The van der Waals surface area contributed by atoms with E-state index in [2.05, 4.69) is 14.5 Å². The lowest BCUT2D eigenvalue weighted by atomic mass is 9.97. The smallest absolute Gasteiger partial charge is 0.0951 e. The van der Waals surface area contributed by atoms with E-state index in [1.54, 1.807) is 0 Å². The standard InChI is InChI=1S/C13H22N4/c1-10(14)13-8-15-9-17(13)12-4-6-16-5-2-3-11(16)7-12/h8-12H,2-7,14H2,1H3. The number of nitrogens with zero attached hydrogens (tertiary/aromatic N) is 3. The summed E-state index contributed by atoms with van der Waals surface area (Å²) < 4.78 is 2.32. The Labute approximate surface area is 103 Å². The van der Waals surface area contributed by atoms with Gasteiger partial charge >= 0.3 is 0 Å². The van der Waals surface area contributed by atoms with Crippen LogP contribution < -0.4 is 5.73 Å². The summed E-state index contributed by atoms with van der Waals surface area (Å²) in [7, 11) is 0. The van der Waals surface area contributed by atoms with Crippen molar-refractivity contribution in [3.05, 3.63) is 18.2 Å². The monoisotopic (exact) mass is 234 g/mol. The lowest BCUT2D eigenvalue weighted by Gasteiger charge is -2.36. The first-order valence-electron chi connectivity index (χ1n) is 6.77. The second kappa shape index (κ2) is 4.42. The second-order valence-corrected chi connectivity index (χ2v) is 5.52. The average Bonchev–Trinajstić information content (AvgIpc) is 2.96. The molecule has 0 bridgehead atoms. The summed E-state index contributed by atoms with van der Waals surface area (Å²) in [6.07, 6.45) is 9.16. The van der Waals surface area contributed by atoms with Crippen molar-refractivity contribution in [3.63, 3.8) is 0 Å². The zero-order valence-electron chi connectivity index (χ0n) is 10.5. The van der Waals surface area contributed by atoms with E-state index in [1.807, 2.05) is 19.4 Å². The van der Waals surface area contributed by atoms with Gasteiger partial charge in [0.1, 0.15) is 0 Å². The molecule has 2 fully saturated rings. The van der Waals surface area contributed by atoms with Gasteiger partial charge in [-0.05, 0) is 39.2 Å². The molecule has 4 heteroatoms. The van der Waals surface area contributed by atoms with Crippen molar-refractivity contribution in [2.75, 3.05) is 13.1 Å². The average molecular weight is 234 g/mol. The number of nitrogens with two attached hydrogens (primary N) is 1. The van der Waals surface area contributed by atoms with E-state index in [9.17, 15) is 0 Å². The van der Waals surface area contributed by atoms with Crippen molar-refractivity contribution >= 4 is 0 Å². The number of piperidine rings is 1. The summed E-state index contributed by atoms with van der Waals surface area (Å²) in [6.45, 7) is 4.59. The summed E-state index contributed by atoms with van der Waals surface area (Å²) in [5.41, 5.74) is 7.18. The highest BCUT2D eigenvalue weighted by Gasteiger charge is 2.32. The summed E-state index contributed by atoms with van der Waals surface area (Å²) in [6, 6.07) is 1.49. The number of fused-ring (bicyclic) bond motifs is 1. The van der Waals surface area contributed by atoms with Crippen LogP contribution in [0.25, 0.3) is 0 Å². The first-order chi connectivity index (χ1) is 8.25. The van der Waals surface area contributed by atoms with Crippen molar-refractivity contribution in [1.82, 2.24) is 14.5 Å². The van der Waals surface area contributed by atoms with Gasteiger partial charge in [0.05, 0.1) is 12.0 Å². The third-order valence-corrected chi connectivity index (χ3v) is 4.35. The van der Waals surface area contributed by atoms with Crippen LogP contribution in [0, 0.1) is 0 Å². The Morgan fingerprint density at radius 1 is 1.35 bits per heavy atom. The Morgan fingerprint density at radius 3 is 3.06 bits per heavy atom. The number of hydrogen-bond acceptors (Lipinski definition) is 3. The van der Waals surface area contributed by atoms with Crippen molar-refractivity contribution in [1.29, 1.82) is 0 Å². The topological polar surface area (TPSA) is 47.1 Å². The molecule has 0 aromatic carbocycles. The summed E-state index contributed by atoms with van der Waals surface area (Å²) in [5.74, 6) is 0. The molecule has 0 saturated carbocycles. The molecule has 0 aliphatic carbocycles.